The minimum Gasteiger partial charge on any atom is -0.444 e. The molecule has 5 heteroatoms. The van der Waals surface area contributed by atoms with Crippen LogP contribution in [0.3, 0.4) is 0 Å². The van der Waals surface area contributed by atoms with Crippen LogP contribution in [0.1, 0.15) is 59.8 Å². The molecule has 114 valence electrons. The molecule has 5 nitrogen and oxygen atoms in total. The van der Waals surface area contributed by atoms with Crippen molar-refractivity contribution in [2.45, 2.75) is 70.9 Å². The number of amides is 1. The summed E-state index contributed by atoms with van der Waals surface area (Å²) in [4.78, 5) is 11.7. The Morgan fingerprint density at radius 1 is 1.11 bits per heavy atom. The summed E-state index contributed by atoms with van der Waals surface area (Å²) >= 11 is 0. The second-order valence-electron chi connectivity index (χ2n) is 6.03. The number of carbonyl (C=O) groups is 1. The third-order valence-electron chi connectivity index (χ3n) is 2.88. The Hall–Kier alpha value is -0.810. The van der Waals surface area contributed by atoms with E-state index in [-0.39, 0.29) is 13.2 Å². The third kappa shape index (κ3) is 8.06. The molecule has 19 heavy (non-hydrogen) atoms. The van der Waals surface area contributed by atoms with Crippen LogP contribution in [0.15, 0.2) is 0 Å². The second kappa shape index (κ2) is 8.38. The van der Waals surface area contributed by atoms with Crippen molar-refractivity contribution in [3.8, 4) is 0 Å². The maximum atomic E-state index is 11.7. The Bertz CT molecular complexity index is 257. The average Bonchev–Trinajstić information content (AvgIpc) is 2.31. The van der Waals surface area contributed by atoms with E-state index in [1.165, 1.54) is 0 Å². The summed E-state index contributed by atoms with van der Waals surface area (Å²) in [5, 5.41) is 21.5. The lowest BCUT2D eigenvalue weighted by Gasteiger charge is -2.32. The number of hydrogen-bond donors (Lipinski definition) is 3. The van der Waals surface area contributed by atoms with Gasteiger partial charge in [0.05, 0.1) is 18.8 Å². The molecular weight excluding hydrogens is 246 g/mol. The van der Waals surface area contributed by atoms with Crippen molar-refractivity contribution in [1.29, 1.82) is 0 Å². The van der Waals surface area contributed by atoms with E-state index < -0.39 is 17.2 Å². The Kier molecular flexibility index (Phi) is 8.02. The molecule has 1 amide bonds. The van der Waals surface area contributed by atoms with Crippen molar-refractivity contribution >= 4 is 6.09 Å². The predicted octanol–water partition coefficient (Wildman–Crippen LogP) is 2.20. The van der Waals surface area contributed by atoms with E-state index in [2.05, 4.69) is 12.2 Å². The van der Waals surface area contributed by atoms with Crippen molar-refractivity contribution in [1.82, 2.24) is 5.32 Å². The van der Waals surface area contributed by atoms with Crippen LogP contribution in [0.4, 0.5) is 4.79 Å². The Labute approximate surface area is 116 Å². The highest BCUT2D eigenvalue weighted by Gasteiger charge is 2.32. The van der Waals surface area contributed by atoms with Gasteiger partial charge in [0, 0.05) is 0 Å². The minimum absolute atomic E-state index is 0.297. The monoisotopic (exact) mass is 275 g/mol. The number of carbonyl (C=O) groups excluding carboxylic acids is 1. The van der Waals surface area contributed by atoms with E-state index in [0.29, 0.717) is 6.42 Å². The lowest BCUT2D eigenvalue weighted by atomic mass is 9.94. The lowest BCUT2D eigenvalue weighted by Crippen LogP contribution is -2.55. The largest absolute Gasteiger partial charge is 0.444 e. The van der Waals surface area contributed by atoms with Crippen LogP contribution in [0.25, 0.3) is 0 Å². The zero-order valence-electron chi connectivity index (χ0n) is 12.7. The van der Waals surface area contributed by atoms with Gasteiger partial charge in [0.15, 0.2) is 0 Å². The zero-order chi connectivity index (χ0) is 14.9. The van der Waals surface area contributed by atoms with Crippen molar-refractivity contribution in [2.24, 2.45) is 0 Å². The van der Waals surface area contributed by atoms with Gasteiger partial charge in [0.25, 0.3) is 0 Å². The van der Waals surface area contributed by atoms with Gasteiger partial charge in [-0.25, -0.2) is 4.79 Å². The lowest BCUT2D eigenvalue weighted by molar-refractivity contribution is 0.0270. The van der Waals surface area contributed by atoms with Gasteiger partial charge in [0.2, 0.25) is 0 Å². The molecule has 0 rings (SSSR count). The van der Waals surface area contributed by atoms with E-state index in [1.54, 1.807) is 20.8 Å². The number of rotatable bonds is 8. The highest BCUT2D eigenvalue weighted by molar-refractivity contribution is 5.68. The molecule has 0 aromatic rings. The maximum absolute atomic E-state index is 11.7. The molecule has 0 unspecified atom stereocenters. The first-order valence-corrected chi connectivity index (χ1v) is 7.01. The van der Waals surface area contributed by atoms with Gasteiger partial charge in [-0.15, -0.1) is 0 Å². The number of nitrogens with one attached hydrogen (secondary N) is 1. The van der Waals surface area contributed by atoms with E-state index in [9.17, 15) is 15.0 Å². The molecule has 0 aromatic heterocycles. The number of aliphatic hydroxyl groups excluding tert-OH is 2. The number of alkyl carbamates (subject to hydrolysis) is 1. The van der Waals surface area contributed by atoms with Gasteiger partial charge in [-0.1, -0.05) is 32.6 Å². The van der Waals surface area contributed by atoms with Crippen molar-refractivity contribution < 1.29 is 19.7 Å². The molecule has 3 N–H and O–H groups in total. The van der Waals surface area contributed by atoms with Crippen LogP contribution < -0.4 is 5.32 Å². The minimum atomic E-state index is -0.990. The van der Waals surface area contributed by atoms with E-state index in [1.807, 2.05) is 0 Å². The predicted molar refractivity (Wildman–Crippen MR) is 75.0 cm³/mol. The number of ether oxygens (including phenoxy) is 1. The van der Waals surface area contributed by atoms with Gasteiger partial charge >= 0.3 is 6.09 Å². The van der Waals surface area contributed by atoms with Gasteiger partial charge in [-0.2, -0.15) is 0 Å². The number of hydrogen-bond acceptors (Lipinski definition) is 4. The first kappa shape index (κ1) is 18.2. The SMILES string of the molecule is CCCCCCC(CO)(CO)NC(=O)OC(C)(C)C. The van der Waals surface area contributed by atoms with Crippen LogP contribution in [0, 0.1) is 0 Å². The van der Waals surface area contributed by atoms with E-state index >= 15 is 0 Å². The first-order valence-electron chi connectivity index (χ1n) is 7.01. The molecule has 0 spiro atoms. The molecule has 0 heterocycles. The van der Waals surface area contributed by atoms with Crippen LogP contribution >= 0.6 is 0 Å². The summed E-state index contributed by atoms with van der Waals surface area (Å²) in [6, 6.07) is 0. The maximum Gasteiger partial charge on any atom is 0.408 e. The first-order chi connectivity index (χ1) is 8.78. The van der Waals surface area contributed by atoms with Crippen molar-refractivity contribution in [3.05, 3.63) is 0 Å². The fourth-order valence-electron chi connectivity index (χ4n) is 1.76. The molecule has 0 bridgehead atoms. The summed E-state index contributed by atoms with van der Waals surface area (Å²) in [5.74, 6) is 0. The molecule has 0 aliphatic carbocycles. The average molecular weight is 275 g/mol. The molecule has 0 aliphatic heterocycles. The summed E-state index contributed by atoms with van der Waals surface area (Å²) in [5.41, 5.74) is -1.58. The Morgan fingerprint density at radius 3 is 2.11 bits per heavy atom. The van der Waals surface area contributed by atoms with Crippen molar-refractivity contribution in [3.63, 3.8) is 0 Å². The Morgan fingerprint density at radius 2 is 1.68 bits per heavy atom. The fraction of sp³-hybridized carbons (Fsp3) is 0.929. The number of unbranched alkanes of at least 4 members (excludes halogenated alkanes) is 3. The molecule has 0 fully saturated rings. The molecular formula is C14H29NO4. The standard InChI is InChI=1S/C14H29NO4/c1-5-6-7-8-9-14(10-16,11-17)15-12(18)19-13(2,3)4/h16-17H,5-11H2,1-4H3,(H,15,18). The highest BCUT2D eigenvalue weighted by Crippen LogP contribution is 2.17. The second-order valence-corrected chi connectivity index (χ2v) is 6.03. The topological polar surface area (TPSA) is 78.8 Å². The number of aliphatic hydroxyl groups is 2. The highest BCUT2D eigenvalue weighted by atomic mass is 16.6. The zero-order valence-corrected chi connectivity index (χ0v) is 12.7. The van der Waals surface area contributed by atoms with E-state index in [0.717, 1.165) is 25.7 Å². The molecule has 0 radical (unpaired) electrons. The van der Waals surface area contributed by atoms with Gasteiger partial charge in [0.1, 0.15) is 5.60 Å². The Balaban J connectivity index is 4.40. The van der Waals surface area contributed by atoms with Gasteiger partial charge in [-0.3, -0.25) is 0 Å². The molecule has 0 atom stereocenters. The molecule has 0 saturated heterocycles. The van der Waals surface area contributed by atoms with Gasteiger partial charge in [-0.05, 0) is 27.2 Å². The van der Waals surface area contributed by atoms with Crippen LogP contribution in [0.2, 0.25) is 0 Å². The molecule has 0 aromatic carbocycles. The third-order valence-corrected chi connectivity index (χ3v) is 2.88. The molecule has 0 saturated carbocycles. The summed E-state index contributed by atoms with van der Waals surface area (Å²) < 4.78 is 5.15. The van der Waals surface area contributed by atoms with Crippen LogP contribution in [-0.2, 0) is 4.74 Å². The van der Waals surface area contributed by atoms with Crippen LogP contribution in [-0.4, -0.2) is 40.7 Å². The van der Waals surface area contributed by atoms with Crippen LogP contribution in [0.5, 0.6) is 0 Å². The smallest absolute Gasteiger partial charge is 0.408 e. The summed E-state index contributed by atoms with van der Waals surface area (Å²) in [6.07, 6.45) is 4.04. The fourth-order valence-corrected chi connectivity index (χ4v) is 1.76. The van der Waals surface area contributed by atoms with E-state index in [4.69, 9.17) is 4.74 Å². The molecule has 0 aliphatic rings. The van der Waals surface area contributed by atoms with Crippen molar-refractivity contribution in [2.75, 3.05) is 13.2 Å². The summed E-state index contributed by atoms with van der Waals surface area (Å²) in [6.45, 7) is 6.84. The summed E-state index contributed by atoms with van der Waals surface area (Å²) in [7, 11) is 0. The van der Waals surface area contributed by atoms with Gasteiger partial charge < -0.3 is 20.3 Å². The quantitative estimate of drug-likeness (QED) is 0.593. The normalized spacial score (nSPS) is 12.3.